The fraction of sp³-hybridized carbons (Fsp3) is 0.130. The normalized spacial score (nSPS) is 11.5. The number of hydrogen-bond acceptors (Lipinski definition) is 3. The number of halogens is 1. The molecule has 0 bridgehead atoms. The molecule has 0 aromatic heterocycles. The predicted molar refractivity (Wildman–Crippen MR) is 116 cm³/mol. The summed E-state index contributed by atoms with van der Waals surface area (Å²) in [4.78, 5) is 25.8. The Morgan fingerprint density at radius 1 is 0.897 bits per heavy atom. The Labute approximate surface area is 173 Å². The molecule has 1 atom stereocenters. The first-order chi connectivity index (χ1) is 14.0. The predicted octanol–water partition coefficient (Wildman–Crippen LogP) is 5.59. The highest BCUT2D eigenvalue weighted by Gasteiger charge is 2.18. The maximum Gasteiger partial charge on any atom is 0.255 e. The van der Waals surface area contributed by atoms with Crippen molar-refractivity contribution in [1.82, 2.24) is 0 Å². The number of rotatable bonds is 7. The first kappa shape index (κ1) is 20.6. The molecule has 3 rings (SSSR count). The summed E-state index contributed by atoms with van der Waals surface area (Å²) in [6.07, 6.45) is 0.662. The quantitative estimate of drug-likeness (QED) is 0.501. The van der Waals surface area contributed by atoms with Gasteiger partial charge in [-0.05, 0) is 61.0 Å². The summed E-state index contributed by atoms with van der Waals surface area (Å²) >= 11 is 1.44. The smallest absolute Gasteiger partial charge is 0.255 e. The van der Waals surface area contributed by atoms with Gasteiger partial charge in [0.2, 0.25) is 5.91 Å². The Morgan fingerprint density at radius 3 is 2.28 bits per heavy atom. The fourth-order valence-corrected chi connectivity index (χ4v) is 3.70. The molecule has 0 aliphatic rings. The molecule has 2 amide bonds. The van der Waals surface area contributed by atoms with Crippen molar-refractivity contribution >= 4 is 35.0 Å². The highest BCUT2D eigenvalue weighted by molar-refractivity contribution is 8.00. The molecule has 148 valence electrons. The minimum atomic E-state index is -0.390. The Bertz CT molecular complexity index is 978. The zero-order chi connectivity index (χ0) is 20.6. The highest BCUT2D eigenvalue weighted by Crippen LogP contribution is 2.28. The van der Waals surface area contributed by atoms with E-state index in [0.717, 1.165) is 10.6 Å². The van der Waals surface area contributed by atoms with Crippen molar-refractivity contribution in [3.63, 3.8) is 0 Å². The molecule has 4 nitrogen and oxygen atoms in total. The van der Waals surface area contributed by atoms with Gasteiger partial charge in [0.25, 0.3) is 5.91 Å². The van der Waals surface area contributed by atoms with Gasteiger partial charge >= 0.3 is 0 Å². The molecular formula is C23H21FN2O2S. The lowest BCUT2D eigenvalue weighted by Crippen LogP contribution is -2.24. The Morgan fingerprint density at radius 2 is 1.59 bits per heavy atom. The number of anilines is 2. The van der Waals surface area contributed by atoms with E-state index >= 15 is 0 Å². The van der Waals surface area contributed by atoms with E-state index < -0.39 is 0 Å². The Hall–Kier alpha value is -3.12. The van der Waals surface area contributed by atoms with E-state index in [9.17, 15) is 14.0 Å². The van der Waals surface area contributed by atoms with Crippen molar-refractivity contribution in [2.24, 2.45) is 0 Å². The summed E-state index contributed by atoms with van der Waals surface area (Å²) in [5.74, 6) is -0.773. The van der Waals surface area contributed by atoms with Gasteiger partial charge in [-0.3, -0.25) is 9.59 Å². The summed E-state index contributed by atoms with van der Waals surface area (Å²) in [7, 11) is 0. The van der Waals surface area contributed by atoms with Crippen molar-refractivity contribution in [2.75, 3.05) is 10.6 Å². The van der Waals surface area contributed by atoms with Crippen LogP contribution in [0.15, 0.2) is 83.8 Å². The second-order valence-corrected chi connectivity index (χ2v) is 7.64. The molecule has 1 unspecified atom stereocenters. The summed E-state index contributed by atoms with van der Waals surface area (Å²) < 4.78 is 13.0. The van der Waals surface area contributed by atoms with E-state index in [1.807, 2.05) is 55.5 Å². The van der Waals surface area contributed by atoms with E-state index in [1.165, 1.54) is 36.0 Å². The van der Waals surface area contributed by atoms with E-state index in [-0.39, 0.29) is 22.9 Å². The van der Waals surface area contributed by atoms with Crippen LogP contribution in [0.3, 0.4) is 0 Å². The second-order valence-electron chi connectivity index (χ2n) is 6.36. The van der Waals surface area contributed by atoms with Gasteiger partial charge in [0.1, 0.15) is 5.82 Å². The van der Waals surface area contributed by atoms with Gasteiger partial charge in [-0.15, -0.1) is 11.8 Å². The van der Waals surface area contributed by atoms with E-state index in [0.29, 0.717) is 17.7 Å². The van der Waals surface area contributed by atoms with Crippen molar-refractivity contribution < 1.29 is 14.0 Å². The van der Waals surface area contributed by atoms with Crippen LogP contribution in [-0.4, -0.2) is 17.1 Å². The van der Waals surface area contributed by atoms with Crippen LogP contribution >= 0.6 is 11.8 Å². The van der Waals surface area contributed by atoms with E-state index in [2.05, 4.69) is 10.6 Å². The molecule has 0 aliphatic heterocycles. The Balaban J connectivity index is 1.65. The monoisotopic (exact) mass is 408 g/mol. The molecular weight excluding hydrogens is 387 g/mol. The molecule has 3 aromatic rings. The molecule has 0 spiro atoms. The van der Waals surface area contributed by atoms with Crippen molar-refractivity contribution in [3.05, 3.63) is 90.2 Å². The maximum absolute atomic E-state index is 13.0. The van der Waals surface area contributed by atoms with Crippen LogP contribution in [0.5, 0.6) is 0 Å². The standard InChI is InChI=1S/C23H21FN2O2S/c1-2-21(23(28)25-18-7-4-3-5-8-18)29-20-10-6-9-19(15-20)26-22(27)16-11-13-17(24)14-12-16/h3-15,21H,2H2,1H3,(H,25,28)(H,26,27). The lowest BCUT2D eigenvalue weighted by atomic mass is 10.2. The van der Waals surface area contributed by atoms with Crippen LogP contribution in [-0.2, 0) is 4.79 Å². The number of nitrogens with one attached hydrogen (secondary N) is 2. The molecule has 2 N–H and O–H groups in total. The molecule has 29 heavy (non-hydrogen) atoms. The molecule has 0 aliphatic carbocycles. The van der Waals surface area contributed by atoms with Crippen LogP contribution in [0.4, 0.5) is 15.8 Å². The summed E-state index contributed by atoms with van der Waals surface area (Å²) in [5.41, 5.74) is 1.75. The molecule has 0 saturated heterocycles. The lowest BCUT2D eigenvalue weighted by Gasteiger charge is -2.15. The maximum atomic E-state index is 13.0. The largest absolute Gasteiger partial charge is 0.325 e. The van der Waals surface area contributed by atoms with E-state index in [1.54, 1.807) is 6.07 Å². The minimum absolute atomic E-state index is 0.0653. The topological polar surface area (TPSA) is 58.2 Å². The molecule has 0 radical (unpaired) electrons. The first-order valence-corrected chi connectivity index (χ1v) is 10.1. The molecule has 6 heteroatoms. The SMILES string of the molecule is CCC(Sc1cccc(NC(=O)c2ccc(F)cc2)c1)C(=O)Nc1ccccc1. The number of para-hydroxylation sites is 1. The number of carbonyl (C=O) groups is 2. The third-order valence-electron chi connectivity index (χ3n) is 4.18. The fourth-order valence-electron chi connectivity index (χ4n) is 2.68. The third kappa shape index (κ3) is 5.93. The molecule has 0 saturated carbocycles. The van der Waals surface area contributed by atoms with Gasteiger partial charge < -0.3 is 10.6 Å². The third-order valence-corrected chi connectivity index (χ3v) is 5.54. The van der Waals surface area contributed by atoms with Gasteiger partial charge in [-0.25, -0.2) is 4.39 Å². The number of amides is 2. The Kier molecular flexibility index (Phi) is 7.03. The second kappa shape index (κ2) is 9.89. The van der Waals surface area contributed by atoms with Gasteiger partial charge in [-0.2, -0.15) is 0 Å². The summed E-state index contributed by atoms with van der Waals surface area (Å²) in [5, 5.41) is 5.46. The highest BCUT2D eigenvalue weighted by atomic mass is 32.2. The molecule has 0 fully saturated rings. The van der Waals surface area contributed by atoms with Crippen molar-refractivity contribution in [2.45, 2.75) is 23.5 Å². The zero-order valence-electron chi connectivity index (χ0n) is 15.9. The van der Waals surface area contributed by atoms with Gasteiger partial charge in [0.05, 0.1) is 5.25 Å². The number of benzene rings is 3. The van der Waals surface area contributed by atoms with Gasteiger partial charge in [0, 0.05) is 21.8 Å². The average molecular weight is 408 g/mol. The van der Waals surface area contributed by atoms with E-state index in [4.69, 9.17) is 0 Å². The zero-order valence-corrected chi connectivity index (χ0v) is 16.7. The lowest BCUT2D eigenvalue weighted by molar-refractivity contribution is -0.115. The average Bonchev–Trinajstić information content (AvgIpc) is 2.73. The van der Waals surface area contributed by atoms with Crippen LogP contribution < -0.4 is 10.6 Å². The van der Waals surface area contributed by atoms with Crippen LogP contribution in [0.25, 0.3) is 0 Å². The van der Waals surface area contributed by atoms with Crippen LogP contribution in [0.1, 0.15) is 23.7 Å². The van der Waals surface area contributed by atoms with Crippen molar-refractivity contribution in [1.29, 1.82) is 0 Å². The van der Waals surface area contributed by atoms with Gasteiger partial charge in [-0.1, -0.05) is 31.2 Å². The van der Waals surface area contributed by atoms with Gasteiger partial charge in [0.15, 0.2) is 0 Å². The summed E-state index contributed by atoms with van der Waals surface area (Å²) in [6.45, 7) is 1.96. The van der Waals surface area contributed by atoms with Crippen molar-refractivity contribution in [3.8, 4) is 0 Å². The number of carbonyl (C=O) groups excluding carboxylic acids is 2. The van der Waals surface area contributed by atoms with Crippen LogP contribution in [0, 0.1) is 5.82 Å². The summed E-state index contributed by atoms with van der Waals surface area (Å²) in [6, 6.07) is 22.0. The minimum Gasteiger partial charge on any atom is -0.325 e. The number of hydrogen-bond donors (Lipinski definition) is 2. The molecule has 0 heterocycles. The molecule has 3 aromatic carbocycles. The first-order valence-electron chi connectivity index (χ1n) is 9.24. The van der Waals surface area contributed by atoms with Crippen LogP contribution in [0.2, 0.25) is 0 Å². The number of thioether (sulfide) groups is 1.